The Hall–Kier alpha value is -0.400. The predicted octanol–water partition coefficient (Wildman–Crippen LogP) is 2.10. The number of rotatable bonds is 5. The van der Waals surface area contributed by atoms with Gasteiger partial charge >= 0.3 is 0 Å². The van der Waals surface area contributed by atoms with Crippen molar-refractivity contribution in [2.45, 2.75) is 38.8 Å². The van der Waals surface area contributed by atoms with Gasteiger partial charge in [0, 0.05) is 6.42 Å². The van der Waals surface area contributed by atoms with E-state index in [1.807, 2.05) is 6.92 Å². The lowest BCUT2D eigenvalue weighted by Gasteiger charge is -2.00. The summed E-state index contributed by atoms with van der Waals surface area (Å²) < 4.78 is 12.3. The van der Waals surface area contributed by atoms with Gasteiger partial charge in [-0.3, -0.25) is 0 Å². The van der Waals surface area contributed by atoms with E-state index in [2.05, 4.69) is 0 Å². The third-order valence-corrected chi connectivity index (χ3v) is 1.28. The van der Waals surface area contributed by atoms with Crippen molar-refractivity contribution in [2.24, 2.45) is 0 Å². The summed E-state index contributed by atoms with van der Waals surface area (Å²) in [6.07, 6.45) is 2.43. The summed E-state index contributed by atoms with van der Waals surface area (Å²) in [4.78, 5) is 9.75. The molecule has 0 rings (SSSR count). The highest BCUT2D eigenvalue weighted by atomic mass is 19.1. The first kappa shape index (κ1) is 8.60. The molecule has 0 aromatic rings. The van der Waals surface area contributed by atoms with Gasteiger partial charge in [0.2, 0.25) is 0 Å². The highest BCUT2D eigenvalue weighted by Gasteiger charge is 2.00. The molecule has 0 aromatic heterocycles. The van der Waals surface area contributed by atoms with Crippen molar-refractivity contribution in [3.63, 3.8) is 0 Å². The molecule has 0 saturated carbocycles. The fourth-order valence-corrected chi connectivity index (χ4v) is 0.627. The van der Waals surface area contributed by atoms with E-state index in [-0.39, 0.29) is 0 Å². The molecule has 0 heterocycles. The minimum Gasteiger partial charge on any atom is -0.303 e. The van der Waals surface area contributed by atoms with Gasteiger partial charge in [0.05, 0.1) is 6.17 Å². The third-order valence-electron chi connectivity index (χ3n) is 1.28. The molecule has 2 heteroatoms. The topological polar surface area (TPSA) is 17.1 Å². The first-order valence-electron chi connectivity index (χ1n) is 3.39. The van der Waals surface area contributed by atoms with E-state index in [0.717, 1.165) is 6.29 Å². The van der Waals surface area contributed by atoms with Crippen LogP contribution in [0.4, 0.5) is 4.39 Å². The number of hydrogen-bond donors (Lipinski definition) is 0. The Morgan fingerprint density at radius 1 is 1.67 bits per heavy atom. The monoisotopic (exact) mass is 132 g/mol. The molecule has 0 aliphatic carbocycles. The van der Waals surface area contributed by atoms with Gasteiger partial charge in [0.15, 0.2) is 0 Å². The summed E-state index contributed by atoms with van der Waals surface area (Å²) in [7, 11) is 0. The Labute approximate surface area is 55.3 Å². The number of hydrogen-bond acceptors (Lipinski definition) is 1. The maximum Gasteiger partial charge on any atom is 0.119 e. The summed E-state index contributed by atoms with van der Waals surface area (Å²) in [5.74, 6) is 0. The highest BCUT2D eigenvalue weighted by molar-refractivity contribution is 5.48. The van der Waals surface area contributed by atoms with Crippen molar-refractivity contribution >= 4 is 6.29 Å². The number of alkyl halides is 1. The molecule has 0 aliphatic heterocycles. The minimum atomic E-state index is -0.704. The SMILES string of the molecule is CCC(F)CCCC=O. The Balaban J connectivity index is 2.96. The van der Waals surface area contributed by atoms with E-state index in [4.69, 9.17) is 0 Å². The molecular formula is C7H13FO. The zero-order valence-electron chi connectivity index (χ0n) is 5.77. The molecular weight excluding hydrogens is 119 g/mol. The van der Waals surface area contributed by atoms with Crippen LogP contribution in [0.1, 0.15) is 32.6 Å². The van der Waals surface area contributed by atoms with E-state index in [9.17, 15) is 9.18 Å². The normalized spacial score (nSPS) is 13.1. The van der Waals surface area contributed by atoms with Gasteiger partial charge < -0.3 is 4.79 Å². The van der Waals surface area contributed by atoms with Crippen LogP contribution in [0.15, 0.2) is 0 Å². The maximum atomic E-state index is 12.3. The predicted molar refractivity (Wildman–Crippen MR) is 35.1 cm³/mol. The molecule has 0 radical (unpaired) electrons. The van der Waals surface area contributed by atoms with Gasteiger partial charge in [0.1, 0.15) is 6.29 Å². The molecule has 0 fully saturated rings. The van der Waals surface area contributed by atoms with Crippen molar-refractivity contribution in [2.75, 3.05) is 0 Å². The largest absolute Gasteiger partial charge is 0.303 e. The minimum absolute atomic E-state index is 0.500. The van der Waals surface area contributed by atoms with Crippen LogP contribution in [0.25, 0.3) is 0 Å². The molecule has 0 aliphatic rings. The Kier molecular flexibility index (Phi) is 5.48. The summed E-state index contributed by atoms with van der Waals surface area (Å²) in [5.41, 5.74) is 0. The van der Waals surface area contributed by atoms with Crippen LogP contribution in [0.3, 0.4) is 0 Å². The Bertz CT molecular complexity index is 73.3. The molecule has 0 saturated heterocycles. The van der Waals surface area contributed by atoms with E-state index in [1.165, 1.54) is 0 Å². The zero-order valence-corrected chi connectivity index (χ0v) is 5.77. The molecule has 0 bridgehead atoms. The third kappa shape index (κ3) is 5.47. The molecule has 1 unspecified atom stereocenters. The van der Waals surface area contributed by atoms with Crippen LogP contribution in [-0.2, 0) is 4.79 Å². The first-order valence-corrected chi connectivity index (χ1v) is 3.39. The fraction of sp³-hybridized carbons (Fsp3) is 0.857. The summed E-state index contributed by atoms with van der Waals surface area (Å²) in [6, 6.07) is 0. The molecule has 0 N–H and O–H groups in total. The van der Waals surface area contributed by atoms with E-state index in [1.54, 1.807) is 0 Å². The lowest BCUT2D eigenvalue weighted by atomic mass is 10.1. The lowest BCUT2D eigenvalue weighted by molar-refractivity contribution is -0.107. The molecule has 1 nitrogen and oxygen atoms in total. The second kappa shape index (κ2) is 5.73. The fourth-order valence-electron chi connectivity index (χ4n) is 0.627. The van der Waals surface area contributed by atoms with E-state index < -0.39 is 6.17 Å². The number of unbranched alkanes of at least 4 members (excludes halogenated alkanes) is 1. The molecule has 1 atom stereocenters. The zero-order chi connectivity index (χ0) is 7.11. The standard InChI is InChI=1S/C7H13FO/c1-2-7(8)5-3-4-6-9/h6-7H,2-5H2,1H3. The van der Waals surface area contributed by atoms with Crippen LogP contribution in [-0.4, -0.2) is 12.5 Å². The number of carbonyl (C=O) groups is 1. The summed E-state index contributed by atoms with van der Waals surface area (Å²) in [5, 5.41) is 0. The molecule has 0 spiro atoms. The van der Waals surface area contributed by atoms with Crippen LogP contribution < -0.4 is 0 Å². The average molecular weight is 132 g/mol. The van der Waals surface area contributed by atoms with Gasteiger partial charge in [-0.15, -0.1) is 0 Å². The first-order chi connectivity index (χ1) is 4.31. The van der Waals surface area contributed by atoms with Gasteiger partial charge in [0.25, 0.3) is 0 Å². The number of halogens is 1. The van der Waals surface area contributed by atoms with Crippen molar-refractivity contribution in [3.05, 3.63) is 0 Å². The second-order valence-electron chi connectivity index (χ2n) is 2.10. The number of aldehydes is 1. The number of carbonyl (C=O) groups excluding carboxylic acids is 1. The van der Waals surface area contributed by atoms with Crippen LogP contribution in [0, 0.1) is 0 Å². The average Bonchev–Trinajstić information content (AvgIpc) is 1.89. The van der Waals surface area contributed by atoms with Crippen LogP contribution >= 0.6 is 0 Å². The smallest absolute Gasteiger partial charge is 0.119 e. The molecule has 54 valence electrons. The van der Waals surface area contributed by atoms with Gasteiger partial charge in [-0.25, -0.2) is 4.39 Å². The van der Waals surface area contributed by atoms with Crippen molar-refractivity contribution < 1.29 is 9.18 Å². The van der Waals surface area contributed by atoms with E-state index >= 15 is 0 Å². The van der Waals surface area contributed by atoms with Crippen molar-refractivity contribution in [3.8, 4) is 0 Å². The van der Waals surface area contributed by atoms with Crippen LogP contribution in [0.2, 0.25) is 0 Å². The molecule has 9 heavy (non-hydrogen) atoms. The van der Waals surface area contributed by atoms with Crippen molar-refractivity contribution in [1.82, 2.24) is 0 Å². The highest BCUT2D eigenvalue weighted by Crippen LogP contribution is 2.06. The molecule has 0 amide bonds. The van der Waals surface area contributed by atoms with Crippen LogP contribution in [0.5, 0.6) is 0 Å². The second-order valence-corrected chi connectivity index (χ2v) is 2.10. The maximum absolute atomic E-state index is 12.3. The summed E-state index contributed by atoms with van der Waals surface area (Å²) in [6.45, 7) is 1.81. The lowest BCUT2D eigenvalue weighted by Crippen LogP contribution is -1.96. The quantitative estimate of drug-likeness (QED) is 0.413. The van der Waals surface area contributed by atoms with Gasteiger partial charge in [-0.05, 0) is 19.3 Å². The Morgan fingerprint density at radius 3 is 2.78 bits per heavy atom. The van der Waals surface area contributed by atoms with E-state index in [0.29, 0.717) is 25.7 Å². The molecule has 0 aromatic carbocycles. The Morgan fingerprint density at radius 2 is 2.33 bits per heavy atom. The van der Waals surface area contributed by atoms with Gasteiger partial charge in [-0.2, -0.15) is 0 Å². The van der Waals surface area contributed by atoms with Crippen molar-refractivity contribution in [1.29, 1.82) is 0 Å². The summed E-state index contributed by atoms with van der Waals surface area (Å²) >= 11 is 0. The van der Waals surface area contributed by atoms with Gasteiger partial charge in [-0.1, -0.05) is 6.92 Å².